The van der Waals surface area contributed by atoms with E-state index in [1.807, 2.05) is 22.6 Å². The summed E-state index contributed by atoms with van der Waals surface area (Å²) in [6, 6.07) is 0. The first kappa shape index (κ1) is 11.0. The minimum absolute atomic E-state index is 0.0327. The van der Waals surface area contributed by atoms with Gasteiger partial charge in [-0.2, -0.15) is 0 Å². The number of halogens is 1. The van der Waals surface area contributed by atoms with Crippen molar-refractivity contribution < 1.29 is 9.84 Å². The van der Waals surface area contributed by atoms with E-state index in [1.54, 1.807) is 0 Å². The summed E-state index contributed by atoms with van der Waals surface area (Å²) in [6.07, 6.45) is 3.03. The van der Waals surface area contributed by atoms with E-state index in [0.717, 1.165) is 0 Å². The fourth-order valence-electron chi connectivity index (χ4n) is 1.52. The molecule has 1 aliphatic rings. The molecule has 1 aromatic heterocycles. The molecule has 2 heterocycles. The van der Waals surface area contributed by atoms with Crippen molar-refractivity contribution in [1.29, 1.82) is 0 Å². The Morgan fingerprint density at radius 3 is 2.93 bits per heavy atom. The summed E-state index contributed by atoms with van der Waals surface area (Å²) in [5.41, 5.74) is -0.360. The molecule has 1 fully saturated rings. The molecule has 2 rings (SSSR count). The summed E-state index contributed by atoms with van der Waals surface area (Å²) in [6.45, 7) is 1.50. The van der Waals surface area contributed by atoms with Crippen LogP contribution >= 0.6 is 22.6 Å². The Labute approximate surface area is 100 Å². The van der Waals surface area contributed by atoms with Crippen LogP contribution in [0.4, 0.5) is 0 Å². The van der Waals surface area contributed by atoms with Crippen LogP contribution in [-0.4, -0.2) is 34.5 Å². The van der Waals surface area contributed by atoms with E-state index in [9.17, 15) is 9.90 Å². The van der Waals surface area contributed by atoms with Gasteiger partial charge >= 0.3 is 0 Å². The Morgan fingerprint density at radius 2 is 2.40 bits per heavy atom. The molecule has 82 valence electrons. The SMILES string of the molecule is O=c1c(I)cncn1CC1(CO)COC1. The Balaban J connectivity index is 2.24. The molecular formula is C9H11IN2O3. The van der Waals surface area contributed by atoms with Crippen molar-refractivity contribution in [2.24, 2.45) is 5.41 Å². The van der Waals surface area contributed by atoms with Gasteiger partial charge in [0.05, 0.1) is 35.1 Å². The summed E-state index contributed by atoms with van der Waals surface area (Å²) >= 11 is 1.95. The zero-order chi connectivity index (χ0) is 10.9. The van der Waals surface area contributed by atoms with E-state index in [2.05, 4.69) is 4.98 Å². The average Bonchev–Trinajstić information content (AvgIpc) is 2.18. The number of aromatic nitrogens is 2. The van der Waals surface area contributed by atoms with Crippen molar-refractivity contribution >= 4 is 22.6 Å². The molecule has 5 nitrogen and oxygen atoms in total. The predicted molar refractivity (Wildman–Crippen MR) is 61.6 cm³/mol. The summed E-state index contributed by atoms with van der Waals surface area (Å²) in [5, 5.41) is 9.24. The van der Waals surface area contributed by atoms with E-state index in [0.29, 0.717) is 23.3 Å². The molecule has 1 saturated heterocycles. The zero-order valence-electron chi connectivity index (χ0n) is 8.02. The van der Waals surface area contributed by atoms with Crippen LogP contribution in [0.15, 0.2) is 17.3 Å². The highest BCUT2D eigenvalue weighted by Crippen LogP contribution is 2.28. The summed E-state index contributed by atoms with van der Waals surface area (Å²) in [5.74, 6) is 0. The van der Waals surface area contributed by atoms with Gasteiger partial charge in [-0.25, -0.2) is 4.98 Å². The predicted octanol–water partition coefficient (Wildman–Crippen LogP) is -0.143. The molecule has 0 spiro atoms. The number of ether oxygens (including phenoxy) is 1. The molecule has 0 aromatic carbocycles. The normalized spacial score (nSPS) is 18.5. The van der Waals surface area contributed by atoms with E-state index >= 15 is 0 Å². The lowest BCUT2D eigenvalue weighted by atomic mass is 9.87. The van der Waals surface area contributed by atoms with Gasteiger partial charge in [-0.05, 0) is 22.6 Å². The quantitative estimate of drug-likeness (QED) is 0.787. The topological polar surface area (TPSA) is 64.4 Å². The van der Waals surface area contributed by atoms with Crippen molar-refractivity contribution in [2.45, 2.75) is 6.54 Å². The highest BCUT2D eigenvalue weighted by atomic mass is 127. The van der Waals surface area contributed by atoms with Gasteiger partial charge in [0.2, 0.25) is 0 Å². The van der Waals surface area contributed by atoms with Crippen LogP contribution in [0.5, 0.6) is 0 Å². The van der Waals surface area contributed by atoms with Crippen LogP contribution in [0.1, 0.15) is 0 Å². The molecule has 1 aliphatic heterocycles. The largest absolute Gasteiger partial charge is 0.396 e. The first-order valence-electron chi connectivity index (χ1n) is 4.55. The molecule has 0 unspecified atom stereocenters. The smallest absolute Gasteiger partial charge is 0.266 e. The molecule has 0 radical (unpaired) electrons. The van der Waals surface area contributed by atoms with Crippen molar-refractivity contribution in [3.63, 3.8) is 0 Å². The number of aliphatic hydroxyl groups is 1. The lowest BCUT2D eigenvalue weighted by Gasteiger charge is -2.39. The van der Waals surface area contributed by atoms with E-state index in [1.165, 1.54) is 17.1 Å². The van der Waals surface area contributed by atoms with Crippen molar-refractivity contribution in [1.82, 2.24) is 9.55 Å². The van der Waals surface area contributed by atoms with Crippen molar-refractivity contribution in [2.75, 3.05) is 19.8 Å². The standard InChI is InChI=1S/C9H11IN2O3/c10-7-1-11-6-12(8(7)14)2-9(3-13)4-15-5-9/h1,6,13H,2-5H2. The maximum Gasteiger partial charge on any atom is 0.266 e. The molecule has 0 bridgehead atoms. The molecular weight excluding hydrogens is 311 g/mol. The third kappa shape index (κ3) is 2.06. The molecule has 0 saturated carbocycles. The number of hydrogen-bond donors (Lipinski definition) is 1. The van der Waals surface area contributed by atoms with Crippen LogP contribution in [0.25, 0.3) is 0 Å². The maximum atomic E-state index is 11.7. The highest BCUT2D eigenvalue weighted by molar-refractivity contribution is 14.1. The van der Waals surface area contributed by atoms with Crippen molar-refractivity contribution in [3.05, 3.63) is 26.4 Å². The average molecular weight is 322 g/mol. The number of rotatable bonds is 3. The van der Waals surface area contributed by atoms with Gasteiger partial charge in [0.25, 0.3) is 5.56 Å². The molecule has 0 amide bonds. The van der Waals surface area contributed by atoms with Gasteiger partial charge in [0.1, 0.15) is 0 Å². The Morgan fingerprint density at radius 1 is 1.67 bits per heavy atom. The molecule has 0 aliphatic carbocycles. The fraction of sp³-hybridized carbons (Fsp3) is 0.556. The maximum absolute atomic E-state index is 11.7. The second-order valence-electron chi connectivity index (χ2n) is 3.83. The minimum Gasteiger partial charge on any atom is -0.396 e. The van der Waals surface area contributed by atoms with Crippen LogP contribution in [-0.2, 0) is 11.3 Å². The van der Waals surface area contributed by atoms with Gasteiger partial charge in [0.15, 0.2) is 0 Å². The lowest BCUT2D eigenvalue weighted by Crippen LogP contribution is -2.50. The van der Waals surface area contributed by atoms with Gasteiger partial charge < -0.3 is 9.84 Å². The Bertz CT molecular complexity index is 409. The Kier molecular flexibility index (Phi) is 3.08. The van der Waals surface area contributed by atoms with Crippen LogP contribution in [0, 0.1) is 8.99 Å². The molecule has 6 heteroatoms. The van der Waals surface area contributed by atoms with Gasteiger partial charge in [0, 0.05) is 12.7 Å². The lowest BCUT2D eigenvalue weighted by molar-refractivity contribution is -0.145. The first-order valence-corrected chi connectivity index (χ1v) is 5.63. The zero-order valence-corrected chi connectivity index (χ0v) is 10.2. The number of nitrogens with zero attached hydrogens (tertiary/aromatic N) is 2. The van der Waals surface area contributed by atoms with Gasteiger partial charge in [-0.15, -0.1) is 0 Å². The van der Waals surface area contributed by atoms with E-state index in [-0.39, 0.29) is 17.6 Å². The highest BCUT2D eigenvalue weighted by Gasteiger charge is 2.38. The number of hydrogen-bond acceptors (Lipinski definition) is 4. The first-order chi connectivity index (χ1) is 7.17. The fourth-order valence-corrected chi connectivity index (χ4v) is 1.99. The van der Waals surface area contributed by atoms with Crippen LogP contribution < -0.4 is 5.56 Å². The third-order valence-corrected chi connectivity index (χ3v) is 3.26. The Hall–Kier alpha value is -0.470. The molecule has 15 heavy (non-hydrogen) atoms. The molecule has 1 N–H and O–H groups in total. The van der Waals surface area contributed by atoms with E-state index < -0.39 is 0 Å². The monoisotopic (exact) mass is 322 g/mol. The molecule has 1 aromatic rings. The van der Waals surface area contributed by atoms with E-state index in [4.69, 9.17) is 4.74 Å². The minimum atomic E-state index is -0.296. The van der Waals surface area contributed by atoms with Crippen molar-refractivity contribution in [3.8, 4) is 0 Å². The van der Waals surface area contributed by atoms with Crippen LogP contribution in [0.2, 0.25) is 0 Å². The summed E-state index contributed by atoms with van der Waals surface area (Å²) in [7, 11) is 0. The van der Waals surface area contributed by atoms with Gasteiger partial charge in [-0.1, -0.05) is 0 Å². The summed E-state index contributed by atoms with van der Waals surface area (Å²) in [4.78, 5) is 15.7. The van der Waals surface area contributed by atoms with Crippen LogP contribution in [0.3, 0.4) is 0 Å². The second kappa shape index (κ2) is 4.18. The molecule has 0 atom stereocenters. The number of aliphatic hydroxyl groups excluding tert-OH is 1. The van der Waals surface area contributed by atoms with Gasteiger partial charge in [-0.3, -0.25) is 9.36 Å². The third-order valence-electron chi connectivity index (χ3n) is 2.52. The summed E-state index contributed by atoms with van der Waals surface area (Å²) < 4.78 is 7.19. The second-order valence-corrected chi connectivity index (χ2v) is 4.99.